The highest BCUT2D eigenvalue weighted by Gasteiger charge is 2.18. The monoisotopic (exact) mass is 184 g/mol. The smallest absolute Gasteiger partial charge is 0.297 e. The van der Waals surface area contributed by atoms with Gasteiger partial charge in [0.2, 0.25) is 0 Å². The quantitative estimate of drug-likeness (QED) is 0.487. The number of hydrogen-bond donors (Lipinski definition) is 0. The van der Waals surface area contributed by atoms with E-state index < -0.39 is 6.95 Å². The number of rotatable bonds is 5. The van der Waals surface area contributed by atoms with Crippen LogP contribution in [-0.4, -0.2) is 13.2 Å². The van der Waals surface area contributed by atoms with E-state index in [-0.39, 0.29) is 13.2 Å². The lowest BCUT2D eigenvalue weighted by molar-refractivity contribution is 0.244. The van der Waals surface area contributed by atoms with Crippen molar-refractivity contribution in [3.63, 3.8) is 0 Å². The van der Waals surface area contributed by atoms with E-state index in [1.54, 1.807) is 6.92 Å². The van der Waals surface area contributed by atoms with Crippen molar-refractivity contribution in [2.75, 3.05) is 13.2 Å². The summed E-state index contributed by atoms with van der Waals surface area (Å²) < 4.78 is 20.0. The molecule has 0 bridgehead atoms. The normalized spacial score (nSPS) is 16.2. The average molecular weight is 185 g/mol. The predicted molar refractivity (Wildman–Crippen MR) is 41.2 cm³/mol. The maximum absolute atomic E-state index is 10.8. The summed E-state index contributed by atoms with van der Waals surface area (Å²) in [6, 6.07) is 0. The van der Waals surface area contributed by atoms with Crippen LogP contribution in [0.1, 0.15) is 6.92 Å². The topological polar surface area (TPSA) is 35.5 Å². The highest BCUT2D eigenvalue weighted by Crippen LogP contribution is 2.53. The molecule has 0 aliphatic carbocycles. The third-order valence-electron chi connectivity index (χ3n) is 0.630. The molecule has 0 amide bonds. The van der Waals surface area contributed by atoms with Crippen LogP contribution in [0.3, 0.4) is 0 Å². The molecule has 0 aromatic heterocycles. The molecule has 5 heteroatoms. The van der Waals surface area contributed by atoms with Gasteiger partial charge in [-0.1, -0.05) is 6.08 Å². The van der Waals surface area contributed by atoms with Crippen molar-refractivity contribution in [3.05, 3.63) is 12.7 Å². The van der Waals surface area contributed by atoms with E-state index in [2.05, 4.69) is 15.6 Å². The van der Waals surface area contributed by atoms with Crippen LogP contribution < -0.4 is 0 Å². The molecular formula is C5H10ClO3P. The van der Waals surface area contributed by atoms with Gasteiger partial charge >= 0.3 is 6.95 Å². The first kappa shape index (κ1) is 10.2. The van der Waals surface area contributed by atoms with Crippen molar-refractivity contribution in [1.29, 1.82) is 0 Å². The maximum atomic E-state index is 10.8. The molecule has 3 nitrogen and oxygen atoms in total. The van der Waals surface area contributed by atoms with E-state index in [0.29, 0.717) is 0 Å². The van der Waals surface area contributed by atoms with Crippen molar-refractivity contribution in [3.8, 4) is 0 Å². The molecular weight excluding hydrogens is 174 g/mol. The van der Waals surface area contributed by atoms with Gasteiger partial charge in [-0.2, -0.15) is 0 Å². The average Bonchev–Trinajstić information content (AvgIpc) is 1.84. The van der Waals surface area contributed by atoms with Gasteiger partial charge in [0.05, 0.1) is 13.2 Å². The van der Waals surface area contributed by atoms with Gasteiger partial charge in [-0.25, -0.2) is 4.57 Å². The van der Waals surface area contributed by atoms with Crippen LogP contribution in [0.25, 0.3) is 0 Å². The highest BCUT2D eigenvalue weighted by atomic mass is 35.7. The Hall–Kier alpha value is 0.180. The van der Waals surface area contributed by atoms with Gasteiger partial charge < -0.3 is 0 Å². The van der Waals surface area contributed by atoms with Gasteiger partial charge in [0.1, 0.15) is 0 Å². The van der Waals surface area contributed by atoms with Crippen molar-refractivity contribution in [2.24, 2.45) is 0 Å². The van der Waals surface area contributed by atoms with E-state index in [9.17, 15) is 4.57 Å². The van der Waals surface area contributed by atoms with Crippen LogP contribution in [-0.2, 0) is 13.6 Å². The second-order valence-electron chi connectivity index (χ2n) is 1.43. The Morgan fingerprint density at radius 1 is 1.70 bits per heavy atom. The van der Waals surface area contributed by atoms with E-state index in [0.717, 1.165) is 0 Å². The molecule has 0 saturated heterocycles. The fraction of sp³-hybridized carbons (Fsp3) is 0.600. The van der Waals surface area contributed by atoms with Crippen LogP contribution in [0, 0.1) is 0 Å². The summed E-state index contributed by atoms with van der Waals surface area (Å²) in [5.74, 6) is 0. The zero-order valence-electron chi connectivity index (χ0n) is 5.75. The zero-order chi connectivity index (χ0) is 8.04. The summed E-state index contributed by atoms with van der Waals surface area (Å²) >= 11 is 5.28. The molecule has 0 spiro atoms. The van der Waals surface area contributed by atoms with Gasteiger partial charge in [0.25, 0.3) is 0 Å². The molecule has 0 aliphatic rings. The van der Waals surface area contributed by atoms with Gasteiger partial charge in [-0.05, 0) is 6.92 Å². The van der Waals surface area contributed by atoms with Crippen molar-refractivity contribution in [1.82, 2.24) is 0 Å². The molecule has 10 heavy (non-hydrogen) atoms. The Bertz CT molecular complexity index is 148. The Morgan fingerprint density at radius 3 is 2.70 bits per heavy atom. The second-order valence-corrected chi connectivity index (χ2v) is 4.05. The van der Waals surface area contributed by atoms with E-state index in [1.807, 2.05) is 0 Å². The lowest BCUT2D eigenvalue weighted by atomic mass is 10.7. The SMILES string of the molecule is C=CCOP(=O)(Cl)OCC. The summed E-state index contributed by atoms with van der Waals surface area (Å²) in [5.41, 5.74) is 0. The van der Waals surface area contributed by atoms with Crippen LogP contribution in [0.15, 0.2) is 12.7 Å². The maximum Gasteiger partial charge on any atom is 0.424 e. The third kappa shape index (κ3) is 5.00. The number of hydrogen-bond acceptors (Lipinski definition) is 3. The molecule has 0 radical (unpaired) electrons. The molecule has 1 atom stereocenters. The fourth-order valence-electron chi connectivity index (χ4n) is 0.333. The zero-order valence-corrected chi connectivity index (χ0v) is 7.40. The summed E-state index contributed by atoms with van der Waals surface area (Å²) in [4.78, 5) is 0. The molecule has 0 fully saturated rings. The number of halogens is 1. The van der Waals surface area contributed by atoms with Gasteiger partial charge in [-0.15, -0.1) is 6.58 Å². The summed E-state index contributed by atoms with van der Waals surface area (Å²) in [5, 5.41) is 0. The Labute approximate surface area is 65.3 Å². The standard InChI is InChI=1S/C5H10ClO3P/c1-3-5-9-10(6,7)8-4-2/h3H,1,4-5H2,2H3. The van der Waals surface area contributed by atoms with Crippen LogP contribution in [0.5, 0.6) is 0 Å². The van der Waals surface area contributed by atoms with Gasteiger partial charge in [-0.3, -0.25) is 9.05 Å². The minimum absolute atomic E-state index is 0.140. The molecule has 0 heterocycles. The van der Waals surface area contributed by atoms with E-state index in [4.69, 9.17) is 11.2 Å². The van der Waals surface area contributed by atoms with E-state index >= 15 is 0 Å². The second kappa shape index (κ2) is 4.91. The lowest BCUT2D eigenvalue weighted by Gasteiger charge is -2.07. The Balaban J connectivity index is 3.63. The Morgan fingerprint density at radius 2 is 2.30 bits per heavy atom. The first-order valence-electron chi connectivity index (χ1n) is 2.82. The van der Waals surface area contributed by atoms with Crippen molar-refractivity contribution < 1.29 is 13.6 Å². The van der Waals surface area contributed by atoms with E-state index in [1.165, 1.54) is 6.08 Å². The largest absolute Gasteiger partial charge is 0.424 e. The minimum Gasteiger partial charge on any atom is -0.297 e. The van der Waals surface area contributed by atoms with Crippen LogP contribution in [0.2, 0.25) is 0 Å². The minimum atomic E-state index is -3.31. The molecule has 0 aromatic rings. The molecule has 60 valence electrons. The molecule has 0 saturated carbocycles. The highest BCUT2D eigenvalue weighted by molar-refractivity contribution is 7.81. The molecule has 0 rings (SSSR count). The predicted octanol–water partition coefficient (Wildman–Crippen LogP) is 2.57. The van der Waals surface area contributed by atoms with Crippen molar-refractivity contribution in [2.45, 2.75) is 6.92 Å². The van der Waals surface area contributed by atoms with Gasteiger partial charge in [0, 0.05) is 11.2 Å². The van der Waals surface area contributed by atoms with Gasteiger partial charge in [0.15, 0.2) is 0 Å². The Kier molecular flexibility index (Phi) is 5.00. The van der Waals surface area contributed by atoms with Crippen molar-refractivity contribution >= 4 is 18.2 Å². The summed E-state index contributed by atoms with van der Waals surface area (Å²) in [7, 11) is 0. The molecule has 0 aliphatic heterocycles. The van der Waals surface area contributed by atoms with Crippen LogP contribution in [0.4, 0.5) is 0 Å². The molecule has 1 unspecified atom stereocenters. The first-order valence-corrected chi connectivity index (χ1v) is 5.27. The summed E-state index contributed by atoms with van der Waals surface area (Å²) in [6.07, 6.45) is 1.45. The fourth-order valence-corrected chi connectivity index (χ4v) is 1.46. The molecule has 0 N–H and O–H groups in total. The third-order valence-corrected chi connectivity index (χ3v) is 2.24. The summed E-state index contributed by atoms with van der Waals surface area (Å²) in [6.45, 7) is 2.16. The molecule has 0 aromatic carbocycles. The van der Waals surface area contributed by atoms with Crippen LogP contribution >= 0.6 is 18.2 Å². The first-order chi connectivity index (χ1) is 4.62. The lowest BCUT2D eigenvalue weighted by Crippen LogP contribution is -1.89.